The van der Waals surface area contributed by atoms with E-state index in [-0.39, 0.29) is 17.3 Å². The van der Waals surface area contributed by atoms with Crippen molar-refractivity contribution in [2.24, 2.45) is 0 Å². The molecule has 0 radical (unpaired) electrons. The molecule has 0 amide bonds. The van der Waals surface area contributed by atoms with Crippen LogP contribution in [0.5, 0.6) is 0 Å². The largest absolute Gasteiger partial charge is 0.392 e. The second-order valence-corrected chi connectivity index (χ2v) is 6.57. The number of aliphatic hydroxyl groups excluding tert-OH is 1. The van der Waals surface area contributed by atoms with Crippen molar-refractivity contribution in [3.8, 4) is 0 Å². The first-order valence-electron chi connectivity index (χ1n) is 5.71. The molecule has 2 aromatic carbocycles. The van der Waals surface area contributed by atoms with Crippen molar-refractivity contribution in [3.05, 3.63) is 57.8 Å². The number of anilines is 1. The number of halogens is 3. The zero-order chi connectivity index (χ0) is 15.6. The molecule has 0 spiro atoms. The molecular formula is C13H10Cl2FNO3S. The molecule has 0 saturated carbocycles. The Kier molecular flexibility index (Phi) is 4.73. The van der Waals surface area contributed by atoms with E-state index in [1.54, 1.807) is 12.1 Å². The summed E-state index contributed by atoms with van der Waals surface area (Å²) in [6.45, 7) is -0.152. The summed E-state index contributed by atoms with van der Waals surface area (Å²) in [5, 5.41) is 8.10. The van der Waals surface area contributed by atoms with Crippen molar-refractivity contribution in [2.45, 2.75) is 11.5 Å². The number of sulfonamides is 1. The van der Waals surface area contributed by atoms with Gasteiger partial charge in [0.1, 0.15) is 4.90 Å². The Morgan fingerprint density at radius 1 is 1.10 bits per heavy atom. The van der Waals surface area contributed by atoms with Gasteiger partial charge in [0.15, 0.2) is 5.82 Å². The second-order valence-electron chi connectivity index (χ2n) is 4.13. The van der Waals surface area contributed by atoms with Gasteiger partial charge in [-0.3, -0.25) is 4.72 Å². The molecule has 2 rings (SSSR count). The van der Waals surface area contributed by atoms with Crippen LogP contribution in [-0.4, -0.2) is 13.5 Å². The third-order valence-electron chi connectivity index (χ3n) is 2.68. The van der Waals surface area contributed by atoms with Crippen LogP contribution in [0.4, 0.5) is 10.1 Å². The van der Waals surface area contributed by atoms with Gasteiger partial charge in [-0.25, -0.2) is 12.8 Å². The van der Waals surface area contributed by atoms with E-state index in [0.29, 0.717) is 5.56 Å². The van der Waals surface area contributed by atoms with Crippen LogP contribution in [0.3, 0.4) is 0 Å². The molecule has 4 nitrogen and oxygen atoms in total. The lowest BCUT2D eigenvalue weighted by Gasteiger charge is -2.10. The topological polar surface area (TPSA) is 66.4 Å². The molecule has 0 atom stereocenters. The molecule has 0 heterocycles. The first-order chi connectivity index (χ1) is 9.85. The van der Waals surface area contributed by atoms with Gasteiger partial charge in [-0.15, -0.1) is 0 Å². The van der Waals surface area contributed by atoms with Crippen molar-refractivity contribution < 1.29 is 17.9 Å². The van der Waals surface area contributed by atoms with Gasteiger partial charge in [-0.2, -0.15) is 0 Å². The van der Waals surface area contributed by atoms with Crippen LogP contribution in [0, 0.1) is 5.82 Å². The average molecular weight is 350 g/mol. The van der Waals surface area contributed by atoms with Crippen molar-refractivity contribution in [1.82, 2.24) is 0 Å². The predicted octanol–water partition coefficient (Wildman–Crippen LogP) is 3.43. The van der Waals surface area contributed by atoms with Crippen molar-refractivity contribution in [1.29, 1.82) is 0 Å². The first kappa shape index (κ1) is 16.0. The summed E-state index contributed by atoms with van der Waals surface area (Å²) in [6.07, 6.45) is 0. The zero-order valence-electron chi connectivity index (χ0n) is 10.5. The van der Waals surface area contributed by atoms with E-state index >= 15 is 0 Å². The number of nitrogens with one attached hydrogen (secondary N) is 1. The van der Waals surface area contributed by atoms with Gasteiger partial charge in [0, 0.05) is 5.69 Å². The van der Waals surface area contributed by atoms with Crippen LogP contribution in [-0.2, 0) is 16.6 Å². The van der Waals surface area contributed by atoms with E-state index in [1.807, 2.05) is 0 Å². The molecule has 0 aliphatic rings. The molecule has 0 unspecified atom stereocenters. The van der Waals surface area contributed by atoms with Crippen molar-refractivity contribution >= 4 is 38.9 Å². The Bertz CT molecular complexity index is 764. The summed E-state index contributed by atoms with van der Waals surface area (Å²) >= 11 is 11.2. The van der Waals surface area contributed by atoms with Gasteiger partial charge in [0.2, 0.25) is 0 Å². The van der Waals surface area contributed by atoms with Crippen molar-refractivity contribution in [2.75, 3.05) is 4.72 Å². The maximum absolute atomic E-state index is 13.6. The van der Waals surface area contributed by atoms with E-state index in [0.717, 1.165) is 12.1 Å². The molecule has 0 bridgehead atoms. The smallest absolute Gasteiger partial charge is 0.263 e. The summed E-state index contributed by atoms with van der Waals surface area (Å²) in [5.41, 5.74) is 0.896. The molecule has 0 aliphatic heterocycles. The molecule has 0 aliphatic carbocycles. The predicted molar refractivity (Wildman–Crippen MR) is 79.6 cm³/mol. The third kappa shape index (κ3) is 3.47. The minimum atomic E-state index is -4.05. The van der Waals surface area contributed by atoms with E-state index in [9.17, 15) is 12.8 Å². The fourth-order valence-electron chi connectivity index (χ4n) is 1.60. The average Bonchev–Trinajstić information content (AvgIpc) is 2.45. The highest BCUT2D eigenvalue weighted by atomic mass is 35.5. The Morgan fingerprint density at radius 3 is 2.29 bits per heavy atom. The number of hydrogen-bond acceptors (Lipinski definition) is 3. The van der Waals surface area contributed by atoms with Crippen LogP contribution >= 0.6 is 23.2 Å². The van der Waals surface area contributed by atoms with Gasteiger partial charge in [0.05, 0.1) is 16.7 Å². The van der Waals surface area contributed by atoms with Crippen LogP contribution in [0.15, 0.2) is 41.3 Å². The van der Waals surface area contributed by atoms with E-state index in [2.05, 4.69) is 4.72 Å². The summed E-state index contributed by atoms with van der Waals surface area (Å²) in [5.74, 6) is -0.989. The van der Waals surface area contributed by atoms with Crippen LogP contribution in [0.25, 0.3) is 0 Å². The van der Waals surface area contributed by atoms with Crippen LogP contribution in [0.1, 0.15) is 5.56 Å². The lowest BCUT2D eigenvalue weighted by molar-refractivity contribution is 0.282. The second kappa shape index (κ2) is 6.19. The van der Waals surface area contributed by atoms with Gasteiger partial charge >= 0.3 is 0 Å². The first-order valence-corrected chi connectivity index (χ1v) is 7.95. The summed E-state index contributed by atoms with van der Waals surface area (Å²) < 4.78 is 40.2. The highest BCUT2D eigenvalue weighted by Gasteiger charge is 2.22. The van der Waals surface area contributed by atoms with Crippen molar-refractivity contribution in [3.63, 3.8) is 0 Å². The maximum atomic E-state index is 13.6. The molecule has 0 saturated heterocycles. The van der Waals surface area contributed by atoms with E-state index in [1.165, 1.54) is 12.1 Å². The molecule has 21 heavy (non-hydrogen) atoms. The van der Waals surface area contributed by atoms with E-state index < -0.39 is 25.8 Å². The normalized spacial score (nSPS) is 11.4. The summed E-state index contributed by atoms with van der Waals surface area (Å²) in [7, 11) is -4.05. The minimum Gasteiger partial charge on any atom is -0.392 e. The Labute approximate surface area is 131 Å². The van der Waals surface area contributed by atoms with Crippen LogP contribution < -0.4 is 4.72 Å². The third-order valence-corrected chi connectivity index (χ3v) is 4.88. The highest BCUT2D eigenvalue weighted by Crippen LogP contribution is 2.30. The standard InChI is InChI=1S/C13H10Cl2FNO3S/c14-10-5-6-11(12(15)13(10)16)21(19,20)17-9-3-1-8(7-18)2-4-9/h1-6,17-18H,7H2. The van der Waals surface area contributed by atoms with Gasteiger partial charge in [-0.1, -0.05) is 35.3 Å². The molecule has 8 heteroatoms. The van der Waals surface area contributed by atoms with Crippen LogP contribution in [0.2, 0.25) is 10.0 Å². The monoisotopic (exact) mass is 349 g/mol. The van der Waals surface area contributed by atoms with E-state index in [4.69, 9.17) is 28.3 Å². The summed E-state index contributed by atoms with van der Waals surface area (Å²) in [4.78, 5) is -0.405. The number of aliphatic hydroxyl groups is 1. The quantitative estimate of drug-likeness (QED) is 0.831. The number of benzene rings is 2. The minimum absolute atomic E-state index is 0.152. The molecular weight excluding hydrogens is 340 g/mol. The fraction of sp³-hybridized carbons (Fsp3) is 0.0769. The maximum Gasteiger partial charge on any atom is 0.263 e. The van der Waals surface area contributed by atoms with Gasteiger partial charge in [-0.05, 0) is 29.8 Å². The highest BCUT2D eigenvalue weighted by molar-refractivity contribution is 7.92. The molecule has 0 fully saturated rings. The Morgan fingerprint density at radius 2 is 1.71 bits per heavy atom. The lowest BCUT2D eigenvalue weighted by Crippen LogP contribution is -2.14. The molecule has 0 aromatic heterocycles. The lowest BCUT2D eigenvalue weighted by atomic mass is 10.2. The Hall–Kier alpha value is -1.34. The van der Waals surface area contributed by atoms with Gasteiger partial charge in [0.25, 0.3) is 10.0 Å². The van der Waals surface area contributed by atoms with Gasteiger partial charge < -0.3 is 5.11 Å². The molecule has 2 N–H and O–H groups in total. The molecule has 112 valence electrons. The fourth-order valence-corrected chi connectivity index (χ4v) is 3.41. The summed E-state index contributed by atoms with van der Waals surface area (Å²) in [6, 6.07) is 8.31. The number of rotatable bonds is 4. The Balaban J connectivity index is 2.36. The number of hydrogen-bond donors (Lipinski definition) is 2. The molecule has 2 aromatic rings. The zero-order valence-corrected chi connectivity index (χ0v) is 12.8. The SMILES string of the molecule is O=S(=O)(Nc1ccc(CO)cc1)c1ccc(Cl)c(F)c1Cl.